The molecule has 120 valence electrons. The van der Waals surface area contributed by atoms with E-state index >= 15 is 0 Å². The molecular weight excluding hydrogens is 260 g/mol. The summed E-state index contributed by atoms with van der Waals surface area (Å²) < 4.78 is 5.30. The van der Waals surface area contributed by atoms with E-state index in [-0.39, 0.29) is 6.04 Å². The largest absolute Gasteiger partial charge is 0.383 e. The van der Waals surface area contributed by atoms with Crippen LogP contribution in [-0.4, -0.2) is 37.7 Å². The second-order valence-corrected chi connectivity index (χ2v) is 6.23. The van der Waals surface area contributed by atoms with Crippen molar-refractivity contribution in [3.8, 4) is 0 Å². The van der Waals surface area contributed by atoms with Gasteiger partial charge in [0.2, 0.25) is 0 Å². The van der Waals surface area contributed by atoms with Crippen LogP contribution in [0.2, 0.25) is 0 Å². The molecule has 1 aromatic carbocycles. The van der Waals surface area contributed by atoms with Gasteiger partial charge in [0, 0.05) is 25.7 Å². The van der Waals surface area contributed by atoms with Gasteiger partial charge in [0.25, 0.3) is 0 Å². The molecule has 1 aromatic rings. The normalized spacial score (nSPS) is 14.7. The SMILES string of the molecule is CCN(C(C)COC)C(CN)c1ccc(CC(C)C)cc1. The van der Waals surface area contributed by atoms with Gasteiger partial charge in [-0.05, 0) is 36.9 Å². The minimum Gasteiger partial charge on any atom is -0.383 e. The number of nitrogens with zero attached hydrogens (tertiary/aromatic N) is 1. The van der Waals surface area contributed by atoms with Crippen LogP contribution < -0.4 is 5.73 Å². The number of hydrogen-bond acceptors (Lipinski definition) is 3. The maximum absolute atomic E-state index is 6.05. The van der Waals surface area contributed by atoms with E-state index < -0.39 is 0 Å². The van der Waals surface area contributed by atoms with E-state index in [0.717, 1.165) is 19.6 Å². The summed E-state index contributed by atoms with van der Waals surface area (Å²) in [5.74, 6) is 0.690. The van der Waals surface area contributed by atoms with Gasteiger partial charge < -0.3 is 10.5 Å². The lowest BCUT2D eigenvalue weighted by atomic mass is 9.98. The molecule has 3 nitrogen and oxygen atoms in total. The lowest BCUT2D eigenvalue weighted by Crippen LogP contribution is -2.42. The van der Waals surface area contributed by atoms with Crippen LogP contribution in [0.15, 0.2) is 24.3 Å². The minimum absolute atomic E-state index is 0.258. The number of ether oxygens (including phenoxy) is 1. The molecule has 0 saturated carbocycles. The van der Waals surface area contributed by atoms with Gasteiger partial charge >= 0.3 is 0 Å². The molecule has 1 rings (SSSR count). The predicted molar refractivity (Wildman–Crippen MR) is 90.5 cm³/mol. The molecule has 0 aliphatic rings. The summed E-state index contributed by atoms with van der Waals surface area (Å²) in [4.78, 5) is 2.42. The standard InChI is InChI=1S/C18H32N2O/c1-6-20(15(4)13-21-5)18(12-19)17-9-7-16(8-10-17)11-14(2)3/h7-10,14-15,18H,6,11-13,19H2,1-5H3. The number of likely N-dealkylation sites (N-methyl/N-ethyl adjacent to an activating group) is 1. The second kappa shape index (κ2) is 9.19. The molecule has 0 aliphatic heterocycles. The Kier molecular flexibility index (Phi) is 7.94. The molecule has 0 aliphatic carbocycles. The van der Waals surface area contributed by atoms with Gasteiger partial charge in [-0.25, -0.2) is 0 Å². The zero-order chi connectivity index (χ0) is 15.8. The molecule has 0 fully saturated rings. The van der Waals surface area contributed by atoms with E-state index in [2.05, 4.69) is 56.9 Å². The molecule has 2 unspecified atom stereocenters. The van der Waals surface area contributed by atoms with E-state index in [4.69, 9.17) is 10.5 Å². The van der Waals surface area contributed by atoms with Crippen molar-refractivity contribution in [2.24, 2.45) is 11.7 Å². The molecule has 0 bridgehead atoms. The van der Waals surface area contributed by atoms with Gasteiger partial charge in [0.1, 0.15) is 0 Å². The molecule has 0 spiro atoms. The van der Waals surface area contributed by atoms with Gasteiger partial charge in [-0.3, -0.25) is 4.90 Å². The zero-order valence-electron chi connectivity index (χ0n) is 14.3. The summed E-state index contributed by atoms with van der Waals surface area (Å²) in [6, 6.07) is 9.58. The molecular formula is C18H32N2O. The predicted octanol–water partition coefficient (Wildman–Crippen LogP) is 3.24. The molecule has 3 heteroatoms. The second-order valence-electron chi connectivity index (χ2n) is 6.23. The van der Waals surface area contributed by atoms with Crippen LogP contribution in [0.3, 0.4) is 0 Å². The monoisotopic (exact) mass is 292 g/mol. The van der Waals surface area contributed by atoms with Crippen LogP contribution >= 0.6 is 0 Å². The Morgan fingerprint density at radius 2 is 1.76 bits per heavy atom. The Balaban J connectivity index is 2.87. The Labute approximate surface area is 130 Å². The van der Waals surface area contributed by atoms with Crippen LogP contribution in [0.5, 0.6) is 0 Å². The quantitative estimate of drug-likeness (QED) is 0.759. The average molecular weight is 292 g/mol. The fourth-order valence-corrected chi connectivity index (χ4v) is 2.99. The lowest BCUT2D eigenvalue weighted by molar-refractivity contribution is 0.0751. The van der Waals surface area contributed by atoms with Crippen LogP contribution in [0.25, 0.3) is 0 Å². The van der Waals surface area contributed by atoms with Gasteiger partial charge in [-0.15, -0.1) is 0 Å². The van der Waals surface area contributed by atoms with Crippen molar-refractivity contribution < 1.29 is 4.74 Å². The number of benzene rings is 1. The molecule has 0 radical (unpaired) electrons. The Hall–Kier alpha value is -0.900. The van der Waals surface area contributed by atoms with Crippen LogP contribution in [0, 0.1) is 5.92 Å². The van der Waals surface area contributed by atoms with Crippen LogP contribution in [-0.2, 0) is 11.2 Å². The van der Waals surface area contributed by atoms with Crippen molar-refractivity contribution in [2.45, 2.75) is 46.2 Å². The summed E-state index contributed by atoms with van der Waals surface area (Å²) >= 11 is 0. The first-order chi connectivity index (χ1) is 10.0. The fraction of sp³-hybridized carbons (Fsp3) is 0.667. The third-order valence-corrected chi connectivity index (χ3v) is 3.97. The van der Waals surface area contributed by atoms with Crippen molar-refractivity contribution in [1.82, 2.24) is 4.90 Å². The van der Waals surface area contributed by atoms with Crippen LogP contribution in [0.4, 0.5) is 0 Å². The first-order valence-corrected chi connectivity index (χ1v) is 8.07. The summed E-state index contributed by atoms with van der Waals surface area (Å²) in [7, 11) is 1.75. The van der Waals surface area contributed by atoms with Gasteiger partial charge in [-0.1, -0.05) is 45.0 Å². The maximum Gasteiger partial charge on any atom is 0.0615 e. The van der Waals surface area contributed by atoms with Gasteiger partial charge in [0.05, 0.1) is 6.61 Å². The van der Waals surface area contributed by atoms with E-state index in [1.54, 1.807) is 7.11 Å². The average Bonchev–Trinajstić information content (AvgIpc) is 2.45. The molecule has 0 heterocycles. The molecule has 0 saturated heterocycles. The summed E-state index contributed by atoms with van der Waals surface area (Å²) in [6.07, 6.45) is 1.13. The van der Waals surface area contributed by atoms with Gasteiger partial charge in [-0.2, -0.15) is 0 Å². The highest BCUT2D eigenvalue weighted by atomic mass is 16.5. The highest BCUT2D eigenvalue weighted by Gasteiger charge is 2.22. The molecule has 0 aromatic heterocycles. The molecule has 0 amide bonds. The molecule has 2 N–H and O–H groups in total. The lowest BCUT2D eigenvalue weighted by Gasteiger charge is -2.35. The van der Waals surface area contributed by atoms with E-state index in [9.17, 15) is 0 Å². The first kappa shape index (κ1) is 18.1. The van der Waals surface area contributed by atoms with Crippen LogP contribution in [0.1, 0.15) is 44.9 Å². The summed E-state index contributed by atoms with van der Waals surface area (Å²) in [5, 5.41) is 0. The number of nitrogens with two attached hydrogens (primary N) is 1. The van der Waals surface area contributed by atoms with Gasteiger partial charge in [0.15, 0.2) is 0 Å². The Bertz CT molecular complexity index is 389. The molecule has 21 heavy (non-hydrogen) atoms. The van der Waals surface area contributed by atoms with Crippen molar-refractivity contribution in [1.29, 1.82) is 0 Å². The number of rotatable bonds is 9. The Morgan fingerprint density at radius 1 is 1.14 bits per heavy atom. The highest BCUT2D eigenvalue weighted by molar-refractivity contribution is 5.26. The maximum atomic E-state index is 6.05. The van der Waals surface area contributed by atoms with E-state index in [1.165, 1.54) is 11.1 Å². The highest BCUT2D eigenvalue weighted by Crippen LogP contribution is 2.23. The smallest absolute Gasteiger partial charge is 0.0615 e. The van der Waals surface area contributed by atoms with Crippen molar-refractivity contribution in [3.05, 3.63) is 35.4 Å². The fourth-order valence-electron chi connectivity index (χ4n) is 2.99. The van der Waals surface area contributed by atoms with Crippen molar-refractivity contribution >= 4 is 0 Å². The van der Waals surface area contributed by atoms with Crippen molar-refractivity contribution in [3.63, 3.8) is 0 Å². The van der Waals surface area contributed by atoms with E-state index in [1.807, 2.05) is 0 Å². The molecule has 2 atom stereocenters. The summed E-state index contributed by atoms with van der Waals surface area (Å²) in [6.45, 7) is 11.2. The number of methoxy groups -OCH3 is 1. The topological polar surface area (TPSA) is 38.5 Å². The van der Waals surface area contributed by atoms with E-state index in [0.29, 0.717) is 18.5 Å². The minimum atomic E-state index is 0.258. The third kappa shape index (κ3) is 5.42. The third-order valence-electron chi connectivity index (χ3n) is 3.97. The summed E-state index contributed by atoms with van der Waals surface area (Å²) in [5.41, 5.74) is 8.75. The Morgan fingerprint density at radius 3 is 2.19 bits per heavy atom. The number of hydrogen-bond donors (Lipinski definition) is 1. The zero-order valence-corrected chi connectivity index (χ0v) is 14.3. The van der Waals surface area contributed by atoms with Crippen molar-refractivity contribution in [2.75, 3.05) is 26.8 Å². The first-order valence-electron chi connectivity index (χ1n) is 8.07.